The molecular formula is C19H26N2O3S. The van der Waals surface area contributed by atoms with Crippen LogP contribution in [0.1, 0.15) is 22.7 Å². The molecule has 0 fully saturated rings. The smallest absolute Gasteiger partial charge is 0.215 e. The summed E-state index contributed by atoms with van der Waals surface area (Å²) in [6.07, 6.45) is 0. The van der Waals surface area contributed by atoms with Gasteiger partial charge in [0, 0.05) is 12.6 Å². The maximum Gasteiger partial charge on any atom is 0.215 e. The molecule has 0 radical (unpaired) electrons. The number of sulfonamides is 1. The Morgan fingerprint density at radius 2 is 1.80 bits per heavy atom. The van der Waals surface area contributed by atoms with Gasteiger partial charge in [0.05, 0.1) is 12.9 Å². The Balaban J connectivity index is 2.06. The summed E-state index contributed by atoms with van der Waals surface area (Å²) < 4.78 is 32.8. The highest BCUT2D eigenvalue weighted by molar-refractivity contribution is 7.88. The highest BCUT2D eigenvalue weighted by Crippen LogP contribution is 2.21. The zero-order valence-corrected chi connectivity index (χ0v) is 16.0. The average molecular weight is 362 g/mol. The molecule has 2 aromatic rings. The van der Waals surface area contributed by atoms with E-state index >= 15 is 0 Å². The van der Waals surface area contributed by atoms with Gasteiger partial charge in [-0.15, -0.1) is 0 Å². The van der Waals surface area contributed by atoms with Crippen LogP contribution in [0.3, 0.4) is 0 Å². The molecule has 1 N–H and O–H groups in total. The summed E-state index contributed by atoms with van der Waals surface area (Å²) in [5.74, 6) is 0.763. The summed E-state index contributed by atoms with van der Waals surface area (Å²) in [5.41, 5.74) is 2.87. The van der Waals surface area contributed by atoms with Crippen molar-refractivity contribution < 1.29 is 13.2 Å². The monoisotopic (exact) mass is 362 g/mol. The standard InChI is InChI=1S/C19H26N2O3S/c1-15-6-5-7-16(12-15)14-25(22,23)20-13-19(21(2)3)17-8-10-18(24-4)11-9-17/h5-12,19-20H,13-14H2,1-4H3. The van der Waals surface area contributed by atoms with E-state index in [0.29, 0.717) is 6.54 Å². The highest BCUT2D eigenvalue weighted by atomic mass is 32.2. The Labute approximate surface area is 150 Å². The van der Waals surface area contributed by atoms with Gasteiger partial charge in [0.2, 0.25) is 10.0 Å². The van der Waals surface area contributed by atoms with Crippen molar-refractivity contribution in [2.24, 2.45) is 0 Å². The second-order valence-corrected chi connectivity index (χ2v) is 8.16. The summed E-state index contributed by atoms with van der Waals surface area (Å²) in [5, 5.41) is 0. The molecule has 0 bridgehead atoms. The predicted octanol–water partition coefficient (Wildman–Crippen LogP) is 2.73. The van der Waals surface area contributed by atoms with Gasteiger partial charge in [-0.3, -0.25) is 0 Å². The van der Waals surface area contributed by atoms with Crippen LogP contribution in [-0.4, -0.2) is 41.1 Å². The van der Waals surface area contributed by atoms with Crippen molar-refractivity contribution in [1.82, 2.24) is 9.62 Å². The molecule has 2 aromatic carbocycles. The van der Waals surface area contributed by atoms with Crippen molar-refractivity contribution in [2.45, 2.75) is 18.7 Å². The fourth-order valence-electron chi connectivity index (χ4n) is 2.70. The zero-order valence-electron chi connectivity index (χ0n) is 15.2. The van der Waals surface area contributed by atoms with Crippen molar-refractivity contribution in [3.05, 3.63) is 65.2 Å². The molecular weight excluding hydrogens is 336 g/mol. The lowest BCUT2D eigenvalue weighted by Crippen LogP contribution is -2.35. The lowest BCUT2D eigenvalue weighted by molar-refractivity contribution is 0.299. The number of likely N-dealkylation sites (N-methyl/N-ethyl adjacent to an activating group) is 1. The van der Waals surface area contributed by atoms with Gasteiger partial charge in [0.1, 0.15) is 5.75 Å². The van der Waals surface area contributed by atoms with Crippen LogP contribution in [0.5, 0.6) is 5.75 Å². The molecule has 0 spiro atoms. The van der Waals surface area contributed by atoms with Gasteiger partial charge < -0.3 is 9.64 Å². The Morgan fingerprint density at radius 1 is 1.12 bits per heavy atom. The lowest BCUT2D eigenvalue weighted by Gasteiger charge is -2.25. The Bertz CT molecular complexity index is 787. The van der Waals surface area contributed by atoms with Crippen molar-refractivity contribution in [2.75, 3.05) is 27.7 Å². The van der Waals surface area contributed by atoms with Crippen LogP contribution < -0.4 is 9.46 Å². The molecule has 6 heteroatoms. The van der Waals surface area contributed by atoms with Crippen molar-refractivity contribution in [3.8, 4) is 5.75 Å². The van der Waals surface area contributed by atoms with E-state index in [2.05, 4.69) is 4.72 Å². The van der Waals surface area contributed by atoms with Crippen molar-refractivity contribution in [1.29, 1.82) is 0 Å². The zero-order chi connectivity index (χ0) is 18.4. The van der Waals surface area contributed by atoms with Crippen LogP contribution in [0.4, 0.5) is 0 Å². The lowest BCUT2D eigenvalue weighted by atomic mass is 10.1. The molecule has 0 saturated heterocycles. The highest BCUT2D eigenvalue weighted by Gasteiger charge is 2.18. The van der Waals surface area contributed by atoms with E-state index in [1.54, 1.807) is 7.11 Å². The summed E-state index contributed by atoms with van der Waals surface area (Å²) in [6.45, 7) is 2.27. The van der Waals surface area contributed by atoms with Crippen LogP contribution in [-0.2, 0) is 15.8 Å². The molecule has 1 unspecified atom stereocenters. The number of ether oxygens (including phenoxy) is 1. The minimum absolute atomic E-state index is 0.0164. The van der Waals surface area contributed by atoms with E-state index in [1.165, 1.54) is 0 Å². The van der Waals surface area contributed by atoms with Crippen LogP contribution >= 0.6 is 0 Å². The van der Waals surface area contributed by atoms with Gasteiger partial charge in [-0.05, 0) is 44.3 Å². The maximum absolute atomic E-state index is 12.4. The number of rotatable bonds is 8. The summed E-state index contributed by atoms with van der Waals surface area (Å²) in [6, 6.07) is 15.2. The Morgan fingerprint density at radius 3 is 2.36 bits per heavy atom. The van der Waals surface area contributed by atoms with Gasteiger partial charge in [0.15, 0.2) is 0 Å². The third-order valence-corrected chi connectivity index (χ3v) is 5.38. The molecule has 25 heavy (non-hydrogen) atoms. The van der Waals surface area contributed by atoms with E-state index in [1.807, 2.05) is 74.4 Å². The SMILES string of the molecule is COc1ccc(C(CNS(=O)(=O)Cc2cccc(C)c2)N(C)C)cc1. The summed E-state index contributed by atoms with van der Waals surface area (Å²) >= 11 is 0. The van der Waals surface area contributed by atoms with Crippen LogP contribution in [0.15, 0.2) is 48.5 Å². The molecule has 136 valence electrons. The average Bonchev–Trinajstić information content (AvgIpc) is 2.54. The first kappa shape index (κ1) is 19.4. The van der Waals surface area contributed by atoms with E-state index in [4.69, 9.17) is 4.74 Å². The molecule has 0 aliphatic heterocycles. The molecule has 2 rings (SSSR count). The predicted molar refractivity (Wildman–Crippen MR) is 101 cm³/mol. The normalized spacial score (nSPS) is 13.0. The molecule has 0 aliphatic rings. The number of methoxy groups -OCH3 is 1. The minimum Gasteiger partial charge on any atom is -0.497 e. The van der Waals surface area contributed by atoms with Gasteiger partial charge in [-0.25, -0.2) is 13.1 Å². The van der Waals surface area contributed by atoms with Gasteiger partial charge in [-0.1, -0.05) is 42.0 Å². The van der Waals surface area contributed by atoms with Crippen LogP contribution in [0, 0.1) is 6.92 Å². The fraction of sp³-hybridized carbons (Fsp3) is 0.368. The number of nitrogens with one attached hydrogen (secondary N) is 1. The Hall–Kier alpha value is -1.89. The van der Waals surface area contributed by atoms with E-state index < -0.39 is 10.0 Å². The quantitative estimate of drug-likeness (QED) is 0.784. The summed E-state index contributed by atoms with van der Waals surface area (Å²) in [7, 11) is 2.09. The van der Waals surface area contributed by atoms with Gasteiger partial charge >= 0.3 is 0 Å². The van der Waals surface area contributed by atoms with Crippen molar-refractivity contribution in [3.63, 3.8) is 0 Å². The first-order valence-corrected chi connectivity index (χ1v) is 9.79. The van der Waals surface area contributed by atoms with E-state index in [0.717, 1.165) is 22.4 Å². The van der Waals surface area contributed by atoms with Crippen molar-refractivity contribution >= 4 is 10.0 Å². The number of nitrogens with zero attached hydrogens (tertiary/aromatic N) is 1. The Kier molecular flexibility index (Phi) is 6.58. The fourth-order valence-corrected chi connectivity index (χ4v) is 3.84. The third-order valence-electron chi connectivity index (χ3n) is 4.06. The van der Waals surface area contributed by atoms with Gasteiger partial charge in [-0.2, -0.15) is 0 Å². The number of aryl methyl sites for hydroxylation is 1. The second-order valence-electron chi connectivity index (χ2n) is 6.35. The van der Waals surface area contributed by atoms with Crippen LogP contribution in [0.25, 0.3) is 0 Å². The molecule has 0 saturated carbocycles. The van der Waals surface area contributed by atoms with Gasteiger partial charge in [0.25, 0.3) is 0 Å². The first-order valence-electron chi connectivity index (χ1n) is 8.14. The van der Waals surface area contributed by atoms with E-state index in [-0.39, 0.29) is 11.8 Å². The second kappa shape index (κ2) is 8.47. The largest absolute Gasteiger partial charge is 0.497 e. The number of hydrogen-bond donors (Lipinski definition) is 1. The molecule has 0 aliphatic carbocycles. The molecule has 0 amide bonds. The molecule has 0 heterocycles. The first-order chi connectivity index (χ1) is 11.8. The van der Waals surface area contributed by atoms with E-state index in [9.17, 15) is 8.42 Å². The van der Waals surface area contributed by atoms with Crippen LogP contribution in [0.2, 0.25) is 0 Å². The molecule has 0 aromatic heterocycles. The minimum atomic E-state index is -3.40. The number of hydrogen-bond acceptors (Lipinski definition) is 4. The molecule has 1 atom stereocenters. The number of benzene rings is 2. The maximum atomic E-state index is 12.4. The molecule has 5 nitrogen and oxygen atoms in total. The topological polar surface area (TPSA) is 58.6 Å². The summed E-state index contributed by atoms with van der Waals surface area (Å²) in [4.78, 5) is 2.00. The third kappa shape index (κ3) is 5.85.